The van der Waals surface area contributed by atoms with Crippen molar-refractivity contribution in [3.05, 3.63) is 48.4 Å². The maximum absolute atomic E-state index is 13.0. The van der Waals surface area contributed by atoms with Gasteiger partial charge in [-0.3, -0.25) is 14.5 Å². The van der Waals surface area contributed by atoms with E-state index in [-0.39, 0.29) is 18.2 Å². The van der Waals surface area contributed by atoms with Gasteiger partial charge < -0.3 is 24.3 Å². The van der Waals surface area contributed by atoms with Crippen molar-refractivity contribution in [2.75, 3.05) is 50.8 Å². The normalized spacial score (nSPS) is 19.9. The van der Waals surface area contributed by atoms with Crippen molar-refractivity contribution in [1.82, 2.24) is 15.1 Å². The SMILES string of the molecule is CCOc1ccccc1N1CCN(C(=O)C[C@H]2C(=O)NCCN2Cc2ccoc2)CC1. The Morgan fingerprint density at radius 2 is 1.97 bits per heavy atom. The number of ether oxygens (including phenoxy) is 1. The van der Waals surface area contributed by atoms with Crippen LogP contribution in [-0.4, -0.2) is 73.5 Å². The Morgan fingerprint density at radius 3 is 2.71 bits per heavy atom. The van der Waals surface area contributed by atoms with E-state index in [1.54, 1.807) is 12.5 Å². The van der Waals surface area contributed by atoms with E-state index >= 15 is 0 Å². The number of nitrogens with zero attached hydrogens (tertiary/aromatic N) is 3. The van der Waals surface area contributed by atoms with Crippen LogP contribution >= 0.6 is 0 Å². The number of hydrogen-bond donors (Lipinski definition) is 1. The molecule has 1 atom stereocenters. The van der Waals surface area contributed by atoms with E-state index in [0.29, 0.717) is 32.8 Å². The summed E-state index contributed by atoms with van der Waals surface area (Å²) in [6.45, 7) is 7.26. The lowest BCUT2D eigenvalue weighted by Gasteiger charge is -2.39. The van der Waals surface area contributed by atoms with E-state index in [1.807, 2.05) is 36.1 Å². The van der Waals surface area contributed by atoms with Gasteiger partial charge in [0.05, 0.1) is 37.3 Å². The Hall–Kier alpha value is -3.00. The molecule has 0 bridgehead atoms. The summed E-state index contributed by atoms with van der Waals surface area (Å²) < 4.78 is 10.9. The summed E-state index contributed by atoms with van der Waals surface area (Å²) in [6, 6.07) is 9.46. The minimum Gasteiger partial charge on any atom is -0.492 e. The van der Waals surface area contributed by atoms with Gasteiger partial charge in [-0.1, -0.05) is 12.1 Å². The highest BCUT2D eigenvalue weighted by atomic mass is 16.5. The Balaban J connectivity index is 1.35. The van der Waals surface area contributed by atoms with E-state index in [4.69, 9.17) is 9.15 Å². The van der Waals surface area contributed by atoms with Gasteiger partial charge in [-0.25, -0.2) is 0 Å². The molecule has 31 heavy (non-hydrogen) atoms. The monoisotopic (exact) mass is 426 g/mol. The van der Waals surface area contributed by atoms with Gasteiger partial charge in [-0.15, -0.1) is 0 Å². The first-order valence-electron chi connectivity index (χ1n) is 10.9. The minimum atomic E-state index is -0.451. The Kier molecular flexibility index (Phi) is 6.76. The first kappa shape index (κ1) is 21.2. The Bertz CT molecular complexity index is 877. The highest BCUT2D eigenvalue weighted by Gasteiger charge is 2.34. The number of rotatable bonds is 7. The van der Waals surface area contributed by atoms with E-state index in [1.165, 1.54) is 0 Å². The fraction of sp³-hybridized carbons (Fsp3) is 0.478. The molecule has 0 unspecified atom stereocenters. The number of amides is 2. The summed E-state index contributed by atoms with van der Waals surface area (Å²) in [4.78, 5) is 31.7. The van der Waals surface area contributed by atoms with Gasteiger partial charge in [0, 0.05) is 51.4 Å². The summed E-state index contributed by atoms with van der Waals surface area (Å²) in [5, 5.41) is 2.90. The molecule has 1 aromatic heterocycles. The van der Waals surface area contributed by atoms with Crippen molar-refractivity contribution in [3.63, 3.8) is 0 Å². The van der Waals surface area contributed by atoms with Gasteiger partial charge in [-0.2, -0.15) is 0 Å². The molecule has 0 radical (unpaired) electrons. The number of carbonyl (C=O) groups excluding carboxylic acids is 2. The van der Waals surface area contributed by atoms with Gasteiger partial charge in [0.25, 0.3) is 0 Å². The Labute approximate surface area is 182 Å². The second-order valence-electron chi connectivity index (χ2n) is 7.88. The van der Waals surface area contributed by atoms with Gasteiger partial charge in [0.15, 0.2) is 0 Å². The van der Waals surface area contributed by atoms with Crippen LogP contribution in [-0.2, 0) is 16.1 Å². The molecule has 2 amide bonds. The van der Waals surface area contributed by atoms with E-state index in [0.717, 1.165) is 36.6 Å². The summed E-state index contributed by atoms with van der Waals surface area (Å²) in [5.74, 6) is 0.822. The predicted octanol–water partition coefficient (Wildman–Crippen LogP) is 1.72. The molecule has 0 aliphatic carbocycles. The highest BCUT2D eigenvalue weighted by molar-refractivity contribution is 5.89. The summed E-state index contributed by atoms with van der Waals surface area (Å²) in [6.07, 6.45) is 3.51. The first-order chi connectivity index (χ1) is 15.2. The molecule has 2 aliphatic rings. The maximum atomic E-state index is 13.0. The van der Waals surface area contributed by atoms with Crippen LogP contribution in [0.15, 0.2) is 47.3 Å². The largest absolute Gasteiger partial charge is 0.492 e. The number of furan rings is 1. The van der Waals surface area contributed by atoms with E-state index in [2.05, 4.69) is 21.2 Å². The molecule has 2 fully saturated rings. The molecule has 2 saturated heterocycles. The zero-order chi connectivity index (χ0) is 21.6. The molecular formula is C23H30N4O4. The number of benzene rings is 1. The summed E-state index contributed by atoms with van der Waals surface area (Å²) >= 11 is 0. The van der Waals surface area contributed by atoms with Crippen LogP contribution in [0.5, 0.6) is 5.75 Å². The van der Waals surface area contributed by atoms with Crippen LogP contribution in [0.4, 0.5) is 5.69 Å². The first-order valence-corrected chi connectivity index (χ1v) is 10.9. The number of hydrogen-bond acceptors (Lipinski definition) is 6. The lowest BCUT2D eigenvalue weighted by molar-refractivity contribution is -0.139. The number of piperazine rings is 2. The fourth-order valence-electron chi connectivity index (χ4n) is 4.28. The number of para-hydroxylation sites is 2. The second-order valence-corrected chi connectivity index (χ2v) is 7.88. The molecule has 1 aromatic carbocycles. The molecular weight excluding hydrogens is 396 g/mol. The molecule has 2 aliphatic heterocycles. The zero-order valence-electron chi connectivity index (χ0n) is 18.0. The molecule has 1 N–H and O–H groups in total. The van der Waals surface area contributed by atoms with Gasteiger partial charge in [-0.05, 0) is 25.1 Å². The lowest BCUT2D eigenvalue weighted by atomic mass is 10.1. The van der Waals surface area contributed by atoms with E-state index in [9.17, 15) is 9.59 Å². The molecule has 0 spiro atoms. The molecule has 166 valence electrons. The predicted molar refractivity (Wildman–Crippen MR) is 117 cm³/mol. The quantitative estimate of drug-likeness (QED) is 0.726. The van der Waals surface area contributed by atoms with Crippen LogP contribution in [0.1, 0.15) is 18.9 Å². The third-order valence-electron chi connectivity index (χ3n) is 5.91. The topological polar surface area (TPSA) is 78.3 Å². The lowest BCUT2D eigenvalue weighted by Crippen LogP contribution is -2.57. The van der Waals surface area contributed by atoms with Gasteiger partial charge >= 0.3 is 0 Å². The number of carbonyl (C=O) groups is 2. The average Bonchev–Trinajstić information content (AvgIpc) is 3.30. The van der Waals surface area contributed by atoms with Crippen molar-refractivity contribution >= 4 is 17.5 Å². The van der Waals surface area contributed by atoms with Crippen molar-refractivity contribution in [1.29, 1.82) is 0 Å². The standard InChI is InChI=1S/C23H30N4O4/c1-2-31-21-6-4-3-5-19(21)25-10-12-26(13-11-25)22(28)15-20-23(29)24-8-9-27(20)16-18-7-14-30-17-18/h3-7,14,17,20H,2,8-13,15-16H2,1H3,(H,24,29)/t20-/m0/s1. The maximum Gasteiger partial charge on any atom is 0.237 e. The summed E-state index contributed by atoms with van der Waals surface area (Å²) in [5.41, 5.74) is 2.07. The van der Waals surface area contributed by atoms with Crippen molar-refractivity contribution < 1.29 is 18.7 Å². The van der Waals surface area contributed by atoms with Crippen LogP contribution in [0.25, 0.3) is 0 Å². The molecule has 4 rings (SSSR count). The third kappa shape index (κ3) is 5.02. The number of anilines is 1. The second kappa shape index (κ2) is 9.87. The van der Waals surface area contributed by atoms with Crippen LogP contribution < -0.4 is 15.0 Å². The summed E-state index contributed by atoms with van der Waals surface area (Å²) in [7, 11) is 0. The molecule has 8 heteroatoms. The minimum absolute atomic E-state index is 0.0250. The molecule has 3 heterocycles. The number of nitrogens with one attached hydrogen (secondary N) is 1. The highest BCUT2D eigenvalue weighted by Crippen LogP contribution is 2.29. The zero-order valence-corrected chi connectivity index (χ0v) is 18.0. The van der Waals surface area contributed by atoms with Crippen LogP contribution in [0, 0.1) is 0 Å². The van der Waals surface area contributed by atoms with Crippen molar-refractivity contribution in [2.45, 2.75) is 25.9 Å². The van der Waals surface area contributed by atoms with Crippen molar-refractivity contribution in [2.24, 2.45) is 0 Å². The van der Waals surface area contributed by atoms with Gasteiger partial charge in [0.1, 0.15) is 5.75 Å². The smallest absolute Gasteiger partial charge is 0.237 e. The molecule has 8 nitrogen and oxygen atoms in total. The third-order valence-corrected chi connectivity index (χ3v) is 5.91. The van der Waals surface area contributed by atoms with E-state index < -0.39 is 6.04 Å². The van der Waals surface area contributed by atoms with Crippen molar-refractivity contribution in [3.8, 4) is 5.75 Å². The average molecular weight is 427 g/mol. The fourth-order valence-corrected chi connectivity index (χ4v) is 4.28. The van der Waals surface area contributed by atoms with Crippen LogP contribution in [0.2, 0.25) is 0 Å². The van der Waals surface area contributed by atoms with Crippen LogP contribution in [0.3, 0.4) is 0 Å². The Morgan fingerprint density at radius 1 is 1.16 bits per heavy atom. The molecule has 0 saturated carbocycles. The molecule has 2 aromatic rings. The van der Waals surface area contributed by atoms with Gasteiger partial charge in [0.2, 0.25) is 11.8 Å².